The van der Waals surface area contributed by atoms with E-state index in [9.17, 15) is 9.59 Å². The summed E-state index contributed by atoms with van der Waals surface area (Å²) < 4.78 is 5.05. The number of aryl methyl sites for hydroxylation is 1. The van der Waals surface area contributed by atoms with Crippen LogP contribution >= 0.6 is 11.3 Å². The van der Waals surface area contributed by atoms with Crippen molar-refractivity contribution in [3.63, 3.8) is 0 Å². The first-order valence-corrected chi connectivity index (χ1v) is 7.10. The molecule has 0 fully saturated rings. The number of esters is 1. The van der Waals surface area contributed by atoms with Gasteiger partial charge in [0, 0.05) is 0 Å². The maximum absolute atomic E-state index is 12.2. The van der Waals surface area contributed by atoms with E-state index in [2.05, 4.69) is 10.3 Å². The lowest BCUT2D eigenvalue weighted by Gasteiger charge is -2.32. The summed E-state index contributed by atoms with van der Waals surface area (Å²) in [7, 11) is 0. The molecular weight excluding hydrogens is 264 g/mol. The van der Waals surface area contributed by atoms with Crippen LogP contribution in [0.25, 0.3) is 0 Å². The molecule has 0 saturated carbocycles. The molecule has 1 heterocycles. The molecule has 1 unspecified atom stereocenters. The molecular formula is C13H20N2O3S. The van der Waals surface area contributed by atoms with E-state index < -0.39 is 11.5 Å². The van der Waals surface area contributed by atoms with E-state index >= 15 is 0 Å². The number of aromatic nitrogens is 1. The Hall–Kier alpha value is -1.43. The number of ether oxygens (including phenoxy) is 1. The minimum Gasteiger partial charge on any atom is -0.464 e. The van der Waals surface area contributed by atoms with Gasteiger partial charge >= 0.3 is 5.97 Å². The molecule has 0 bridgehead atoms. The van der Waals surface area contributed by atoms with Gasteiger partial charge in [0.1, 0.15) is 10.4 Å². The maximum Gasteiger partial charge on any atom is 0.331 e. The Morgan fingerprint density at radius 2 is 2.16 bits per heavy atom. The lowest BCUT2D eigenvalue weighted by molar-refractivity contribution is -0.152. The van der Waals surface area contributed by atoms with Crippen LogP contribution in [0.15, 0.2) is 5.51 Å². The first-order chi connectivity index (χ1) is 8.82. The molecule has 0 aliphatic heterocycles. The fourth-order valence-corrected chi connectivity index (χ4v) is 2.22. The Labute approximate surface area is 117 Å². The van der Waals surface area contributed by atoms with Gasteiger partial charge in [0.05, 0.1) is 17.8 Å². The Morgan fingerprint density at radius 3 is 2.58 bits per heavy atom. The molecule has 5 nitrogen and oxygen atoms in total. The number of nitrogens with one attached hydrogen (secondary N) is 1. The van der Waals surface area contributed by atoms with Crippen LogP contribution in [0.2, 0.25) is 0 Å². The van der Waals surface area contributed by atoms with Crippen molar-refractivity contribution in [2.45, 2.75) is 40.2 Å². The monoisotopic (exact) mass is 284 g/mol. The van der Waals surface area contributed by atoms with E-state index in [0.29, 0.717) is 10.6 Å². The molecule has 0 aromatic carbocycles. The molecule has 0 radical (unpaired) electrons. The van der Waals surface area contributed by atoms with Gasteiger partial charge in [0.2, 0.25) is 0 Å². The van der Waals surface area contributed by atoms with Crippen LogP contribution in [-0.2, 0) is 9.53 Å². The zero-order valence-electron chi connectivity index (χ0n) is 11.9. The van der Waals surface area contributed by atoms with Gasteiger partial charge in [-0.25, -0.2) is 9.78 Å². The molecule has 1 amide bonds. The van der Waals surface area contributed by atoms with Crippen LogP contribution < -0.4 is 5.32 Å². The second-order valence-corrected chi connectivity index (χ2v) is 5.65. The van der Waals surface area contributed by atoms with Crippen molar-refractivity contribution in [2.75, 3.05) is 6.61 Å². The normalized spacial score (nSPS) is 14.0. The predicted molar refractivity (Wildman–Crippen MR) is 74.2 cm³/mol. The molecule has 1 rings (SSSR count). The summed E-state index contributed by atoms with van der Waals surface area (Å²) in [5.41, 5.74) is 1.24. The molecule has 6 heteroatoms. The Morgan fingerprint density at radius 1 is 1.53 bits per heavy atom. The molecule has 1 atom stereocenters. The fraction of sp³-hybridized carbons (Fsp3) is 0.615. The molecule has 1 aromatic heterocycles. The molecule has 1 aromatic rings. The fourth-order valence-electron chi connectivity index (χ4n) is 1.52. The average molecular weight is 284 g/mol. The van der Waals surface area contributed by atoms with Crippen LogP contribution in [-0.4, -0.2) is 29.0 Å². The Bertz CT molecular complexity index is 470. The quantitative estimate of drug-likeness (QED) is 0.841. The molecule has 0 aliphatic carbocycles. The van der Waals surface area contributed by atoms with Crippen LogP contribution in [0, 0.1) is 12.8 Å². The van der Waals surface area contributed by atoms with Gasteiger partial charge in [-0.05, 0) is 26.7 Å². The average Bonchev–Trinajstić information content (AvgIpc) is 2.75. The number of hydrogen-bond donors (Lipinski definition) is 1. The number of amides is 1. The SMILES string of the molecule is CCOC(=O)C(C)(NC(=O)c1scnc1C)C(C)C. The number of carbonyl (C=O) groups excluding carboxylic acids is 2. The third kappa shape index (κ3) is 3.32. The van der Waals surface area contributed by atoms with E-state index in [0.717, 1.165) is 0 Å². The highest BCUT2D eigenvalue weighted by Crippen LogP contribution is 2.21. The number of thiazole rings is 1. The smallest absolute Gasteiger partial charge is 0.331 e. The highest BCUT2D eigenvalue weighted by molar-refractivity contribution is 7.11. The first-order valence-electron chi connectivity index (χ1n) is 6.22. The summed E-state index contributed by atoms with van der Waals surface area (Å²) in [4.78, 5) is 28.8. The summed E-state index contributed by atoms with van der Waals surface area (Å²) in [6.45, 7) is 9.23. The second kappa shape index (κ2) is 6.14. The van der Waals surface area contributed by atoms with Crippen LogP contribution in [0.1, 0.15) is 43.1 Å². The molecule has 0 aliphatic rings. The number of carbonyl (C=O) groups is 2. The Kier molecular flexibility index (Phi) is 5.05. The standard InChI is InChI=1S/C13H20N2O3S/c1-6-18-12(17)13(5,8(2)3)15-11(16)10-9(4)14-7-19-10/h7-8H,6H2,1-5H3,(H,15,16). The van der Waals surface area contributed by atoms with Crippen molar-refractivity contribution in [2.24, 2.45) is 5.92 Å². The summed E-state index contributed by atoms with van der Waals surface area (Å²) >= 11 is 1.26. The van der Waals surface area contributed by atoms with Gasteiger partial charge in [-0.3, -0.25) is 4.79 Å². The van der Waals surface area contributed by atoms with E-state index in [1.807, 2.05) is 13.8 Å². The third-order valence-electron chi connectivity index (χ3n) is 3.18. The lowest BCUT2D eigenvalue weighted by atomic mass is 9.88. The van der Waals surface area contributed by atoms with Crippen molar-refractivity contribution < 1.29 is 14.3 Å². The van der Waals surface area contributed by atoms with Gasteiger partial charge in [0.25, 0.3) is 5.91 Å². The highest BCUT2D eigenvalue weighted by atomic mass is 32.1. The zero-order chi connectivity index (χ0) is 14.6. The predicted octanol–water partition coefficient (Wildman–Crippen LogP) is 2.16. The zero-order valence-corrected chi connectivity index (χ0v) is 12.8. The van der Waals surface area contributed by atoms with Gasteiger partial charge in [-0.1, -0.05) is 13.8 Å². The first kappa shape index (κ1) is 15.6. The van der Waals surface area contributed by atoms with Gasteiger partial charge in [0.15, 0.2) is 0 Å². The summed E-state index contributed by atoms with van der Waals surface area (Å²) in [6.07, 6.45) is 0. The molecule has 0 saturated heterocycles. The summed E-state index contributed by atoms with van der Waals surface area (Å²) in [5, 5.41) is 2.78. The molecule has 19 heavy (non-hydrogen) atoms. The number of rotatable bonds is 5. The summed E-state index contributed by atoms with van der Waals surface area (Å²) in [5.74, 6) is -0.784. The van der Waals surface area contributed by atoms with E-state index in [1.54, 1.807) is 26.3 Å². The molecule has 1 N–H and O–H groups in total. The van der Waals surface area contributed by atoms with E-state index in [4.69, 9.17) is 4.74 Å². The highest BCUT2D eigenvalue weighted by Gasteiger charge is 2.40. The van der Waals surface area contributed by atoms with Crippen molar-refractivity contribution in [1.29, 1.82) is 0 Å². The van der Waals surface area contributed by atoms with Crippen LogP contribution in [0.3, 0.4) is 0 Å². The van der Waals surface area contributed by atoms with E-state index in [1.165, 1.54) is 11.3 Å². The van der Waals surface area contributed by atoms with Gasteiger partial charge in [-0.2, -0.15) is 0 Å². The topological polar surface area (TPSA) is 68.3 Å². The lowest BCUT2D eigenvalue weighted by Crippen LogP contribution is -2.56. The van der Waals surface area contributed by atoms with Crippen molar-refractivity contribution in [1.82, 2.24) is 10.3 Å². The van der Waals surface area contributed by atoms with Crippen LogP contribution in [0.5, 0.6) is 0 Å². The molecule has 106 valence electrons. The largest absolute Gasteiger partial charge is 0.464 e. The Balaban J connectivity index is 2.94. The third-order valence-corrected chi connectivity index (χ3v) is 4.11. The van der Waals surface area contributed by atoms with E-state index in [-0.39, 0.29) is 18.4 Å². The van der Waals surface area contributed by atoms with Gasteiger partial charge in [-0.15, -0.1) is 11.3 Å². The van der Waals surface area contributed by atoms with Crippen LogP contribution in [0.4, 0.5) is 0 Å². The summed E-state index contributed by atoms with van der Waals surface area (Å²) in [6, 6.07) is 0. The van der Waals surface area contributed by atoms with Crippen molar-refractivity contribution in [3.05, 3.63) is 16.1 Å². The number of hydrogen-bond acceptors (Lipinski definition) is 5. The van der Waals surface area contributed by atoms with Crippen molar-refractivity contribution >= 4 is 23.2 Å². The maximum atomic E-state index is 12.2. The second-order valence-electron chi connectivity index (χ2n) is 4.80. The molecule has 0 spiro atoms. The number of nitrogens with zero attached hydrogens (tertiary/aromatic N) is 1. The minimum atomic E-state index is -1.04. The van der Waals surface area contributed by atoms with Crippen molar-refractivity contribution in [3.8, 4) is 0 Å². The minimum absolute atomic E-state index is 0.0799. The van der Waals surface area contributed by atoms with Gasteiger partial charge < -0.3 is 10.1 Å².